The molecule has 0 spiro atoms. The number of Topliss-reactive ketones (excluding diaryl/α,β-unsaturated/α-hetero) is 1. The van der Waals surface area contributed by atoms with Gasteiger partial charge in [-0.05, 0) is 75.2 Å². The van der Waals surface area contributed by atoms with Crippen molar-refractivity contribution in [3.05, 3.63) is 59.2 Å². The lowest BCUT2D eigenvalue weighted by Gasteiger charge is -2.29. The summed E-state index contributed by atoms with van der Waals surface area (Å²) in [7, 11) is 0. The highest BCUT2D eigenvalue weighted by molar-refractivity contribution is 5.94. The zero-order valence-electron chi connectivity index (χ0n) is 15.7. The second-order valence-electron chi connectivity index (χ2n) is 7.03. The minimum Gasteiger partial charge on any atom is -0.370 e. The number of nitriles is 1. The maximum atomic E-state index is 11.5. The number of carbonyl (C=O) groups is 1. The van der Waals surface area contributed by atoms with Gasteiger partial charge >= 0.3 is 0 Å². The zero-order valence-corrected chi connectivity index (χ0v) is 15.7. The summed E-state index contributed by atoms with van der Waals surface area (Å²) < 4.78 is 0. The summed E-state index contributed by atoms with van der Waals surface area (Å²) in [6.07, 6.45) is 1.06. The normalized spacial score (nSPS) is 17.5. The summed E-state index contributed by atoms with van der Waals surface area (Å²) >= 11 is 0. The SMILES string of the molecule is CC(=O)c1ccc(N2CC[C@H](C)N(c3ccc(C#N)c(C)c3)CC2)cc1. The van der Waals surface area contributed by atoms with Crippen LogP contribution in [0.2, 0.25) is 0 Å². The van der Waals surface area contributed by atoms with Crippen LogP contribution >= 0.6 is 0 Å². The van der Waals surface area contributed by atoms with E-state index >= 15 is 0 Å². The van der Waals surface area contributed by atoms with Crippen molar-refractivity contribution < 1.29 is 4.79 Å². The van der Waals surface area contributed by atoms with Crippen molar-refractivity contribution in [3.8, 4) is 6.07 Å². The van der Waals surface area contributed by atoms with Gasteiger partial charge in [0.1, 0.15) is 0 Å². The van der Waals surface area contributed by atoms with Gasteiger partial charge in [-0.2, -0.15) is 5.26 Å². The number of benzene rings is 2. The Hall–Kier alpha value is -2.80. The fourth-order valence-electron chi connectivity index (χ4n) is 3.56. The molecule has 2 aromatic rings. The van der Waals surface area contributed by atoms with Gasteiger partial charge in [-0.1, -0.05) is 0 Å². The molecule has 1 aliphatic rings. The highest BCUT2D eigenvalue weighted by atomic mass is 16.1. The van der Waals surface area contributed by atoms with Crippen LogP contribution in [0.4, 0.5) is 11.4 Å². The standard InChI is InChI=1S/C22H25N3O/c1-16-14-22(9-6-20(16)15-23)25-13-12-24(11-10-17(25)2)21-7-4-19(5-8-21)18(3)26/h4-9,14,17H,10-13H2,1-3H3/t17-/m0/s1. The van der Waals surface area contributed by atoms with Crippen LogP contribution in [-0.4, -0.2) is 31.5 Å². The Morgan fingerprint density at radius 2 is 1.77 bits per heavy atom. The van der Waals surface area contributed by atoms with E-state index in [0.29, 0.717) is 6.04 Å². The number of hydrogen-bond acceptors (Lipinski definition) is 4. The molecule has 0 aliphatic carbocycles. The van der Waals surface area contributed by atoms with E-state index < -0.39 is 0 Å². The third-order valence-electron chi connectivity index (χ3n) is 5.26. The molecule has 1 atom stereocenters. The van der Waals surface area contributed by atoms with Crippen LogP contribution in [0.25, 0.3) is 0 Å². The topological polar surface area (TPSA) is 47.3 Å². The molecule has 1 saturated heterocycles. The molecule has 134 valence electrons. The van der Waals surface area contributed by atoms with E-state index in [9.17, 15) is 4.79 Å². The van der Waals surface area contributed by atoms with Crippen molar-refractivity contribution in [2.45, 2.75) is 33.2 Å². The first-order valence-corrected chi connectivity index (χ1v) is 9.13. The lowest BCUT2D eigenvalue weighted by molar-refractivity contribution is 0.101. The smallest absolute Gasteiger partial charge is 0.159 e. The number of carbonyl (C=O) groups excluding carboxylic acids is 1. The first-order valence-electron chi connectivity index (χ1n) is 9.13. The fourth-order valence-corrected chi connectivity index (χ4v) is 3.56. The average molecular weight is 347 g/mol. The summed E-state index contributed by atoms with van der Waals surface area (Å²) in [6, 6.07) is 16.7. The molecule has 0 amide bonds. The predicted octanol–water partition coefficient (Wildman–Crippen LogP) is 4.17. The van der Waals surface area contributed by atoms with Gasteiger partial charge in [0.25, 0.3) is 0 Å². The van der Waals surface area contributed by atoms with Crippen LogP contribution in [0.5, 0.6) is 0 Å². The molecule has 1 fully saturated rings. The van der Waals surface area contributed by atoms with Crippen LogP contribution < -0.4 is 9.80 Å². The van der Waals surface area contributed by atoms with Crippen molar-refractivity contribution in [2.75, 3.05) is 29.4 Å². The molecule has 2 aromatic carbocycles. The molecule has 0 saturated carbocycles. The molecular formula is C22H25N3O. The van der Waals surface area contributed by atoms with Gasteiger partial charge in [-0.25, -0.2) is 0 Å². The lowest BCUT2D eigenvalue weighted by Crippen LogP contribution is -2.34. The van der Waals surface area contributed by atoms with Crippen molar-refractivity contribution in [1.82, 2.24) is 0 Å². The maximum Gasteiger partial charge on any atom is 0.159 e. The number of nitrogens with zero attached hydrogens (tertiary/aromatic N) is 3. The van der Waals surface area contributed by atoms with Gasteiger partial charge < -0.3 is 9.80 Å². The van der Waals surface area contributed by atoms with Gasteiger partial charge in [0.2, 0.25) is 0 Å². The maximum absolute atomic E-state index is 11.5. The monoisotopic (exact) mass is 347 g/mol. The summed E-state index contributed by atoms with van der Waals surface area (Å²) in [5, 5.41) is 9.14. The molecular weight excluding hydrogens is 322 g/mol. The minimum atomic E-state index is 0.100. The van der Waals surface area contributed by atoms with E-state index in [1.165, 1.54) is 11.4 Å². The van der Waals surface area contributed by atoms with E-state index in [-0.39, 0.29) is 5.78 Å². The van der Waals surface area contributed by atoms with Crippen molar-refractivity contribution in [3.63, 3.8) is 0 Å². The van der Waals surface area contributed by atoms with Crippen molar-refractivity contribution in [2.24, 2.45) is 0 Å². The minimum absolute atomic E-state index is 0.100. The Morgan fingerprint density at radius 3 is 2.38 bits per heavy atom. The molecule has 4 nitrogen and oxygen atoms in total. The summed E-state index contributed by atoms with van der Waals surface area (Å²) in [6.45, 7) is 8.71. The molecule has 3 rings (SSSR count). The molecule has 1 heterocycles. The number of hydrogen-bond donors (Lipinski definition) is 0. The Morgan fingerprint density at radius 1 is 1.08 bits per heavy atom. The van der Waals surface area contributed by atoms with Crippen LogP contribution in [0.15, 0.2) is 42.5 Å². The zero-order chi connectivity index (χ0) is 18.7. The second kappa shape index (κ2) is 7.61. The Kier molecular flexibility index (Phi) is 5.27. The lowest BCUT2D eigenvalue weighted by atomic mass is 10.1. The van der Waals surface area contributed by atoms with Crippen LogP contribution in [0, 0.1) is 18.3 Å². The van der Waals surface area contributed by atoms with E-state index in [0.717, 1.165) is 42.7 Å². The largest absolute Gasteiger partial charge is 0.370 e. The molecule has 1 aliphatic heterocycles. The van der Waals surface area contributed by atoms with Crippen molar-refractivity contribution in [1.29, 1.82) is 5.26 Å². The highest BCUT2D eigenvalue weighted by Crippen LogP contribution is 2.25. The van der Waals surface area contributed by atoms with Crippen molar-refractivity contribution >= 4 is 17.2 Å². The second-order valence-corrected chi connectivity index (χ2v) is 7.03. The van der Waals surface area contributed by atoms with E-state index in [4.69, 9.17) is 5.26 Å². The van der Waals surface area contributed by atoms with Gasteiger partial charge in [0.05, 0.1) is 11.6 Å². The van der Waals surface area contributed by atoms with Crippen LogP contribution in [-0.2, 0) is 0 Å². The summed E-state index contributed by atoms with van der Waals surface area (Å²) in [4.78, 5) is 16.3. The highest BCUT2D eigenvalue weighted by Gasteiger charge is 2.22. The molecule has 0 radical (unpaired) electrons. The van der Waals surface area contributed by atoms with Gasteiger partial charge in [0, 0.05) is 42.6 Å². The molecule has 26 heavy (non-hydrogen) atoms. The molecule has 0 aromatic heterocycles. The van der Waals surface area contributed by atoms with Gasteiger partial charge in [-0.3, -0.25) is 4.79 Å². The van der Waals surface area contributed by atoms with Gasteiger partial charge in [-0.15, -0.1) is 0 Å². The first-order chi connectivity index (χ1) is 12.5. The third-order valence-corrected chi connectivity index (χ3v) is 5.26. The Labute approximate surface area is 155 Å². The van der Waals surface area contributed by atoms with Crippen LogP contribution in [0.1, 0.15) is 41.8 Å². The van der Waals surface area contributed by atoms with E-state index in [2.05, 4.69) is 34.9 Å². The average Bonchev–Trinajstić information content (AvgIpc) is 2.83. The quantitative estimate of drug-likeness (QED) is 0.782. The molecule has 0 unspecified atom stereocenters. The first kappa shape index (κ1) is 18.0. The summed E-state index contributed by atoms with van der Waals surface area (Å²) in [5.41, 5.74) is 4.87. The number of rotatable bonds is 3. The number of anilines is 2. The Bertz CT molecular complexity index is 835. The summed E-state index contributed by atoms with van der Waals surface area (Å²) in [5.74, 6) is 0.100. The predicted molar refractivity (Wildman–Crippen MR) is 106 cm³/mol. The molecule has 0 bridgehead atoms. The number of ketones is 1. The number of aryl methyl sites for hydroxylation is 1. The molecule has 4 heteroatoms. The molecule has 0 N–H and O–H groups in total. The van der Waals surface area contributed by atoms with E-state index in [1.54, 1.807) is 6.92 Å². The van der Waals surface area contributed by atoms with E-state index in [1.807, 2.05) is 37.3 Å². The Balaban J connectivity index is 1.76. The third kappa shape index (κ3) is 3.72. The van der Waals surface area contributed by atoms with Crippen LogP contribution in [0.3, 0.4) is 0 Å². The van der Waals surface area contributed by atoms with Gasteiger partial charge in [0.15, 0.2) is 5.78 Å². The fraction of sp³-hybridized carbons (Fsp3) is 0.364.